The fourth-order valence-electron chi connectivity index (χ4n) is 4.04. The fraction of sp³-hybridized carbons (Fsp3) is 0.292. The molecule has 11 heteroatoms. The molecule has 184 valence electrons. The maximum Gasteiger partial charge on any atom is 0.266 e. The van der Waals surface area contributed by atoms with Gasteiger partial charge in [-0.15, -0.1) is 0 Å². The molecule has 0 N–H and O–H groups in total. The summed E-state index contributed by atoms with van der Waals surface area (Å²) in [4.78, 5) is 29.4. The molecular weight excluding hydrogens is 531 g/mol. The minimum Gasteiger partial charge on any atom is -0.334 e. The Bertz CT molecular complexity index is 1280. The molecule has 4 rings (SSSR count). The van der Waals surface area contributed by atoms with E-state index in [0.717, 1.165) is 5.56 Å². The average Bonchev–Trinajstić information content (AvgIpc) is 3.30. The number of sulfone groups is 1. The van der Waals surface area contributed by atoms with Crippen LogP contribution in [0.5, 0.6) is 0 Å². The maximum atomic E-state index is 14.4. The van der Waals surface area contributed by atoms with Crippen molar-refractivity contribution in [1.82, 2.24) is 9.80 Å². The zero-order valence-corrected chi connectivity index (χ0v) is 21.7. The number of rotatable bonds is 7. The van der Waals surface area contributed by atoms with E-state index in [4.69, 9.17) is 23.8 Å². The Morgan fingerprint density at radius 1 is 1.23 bits per heavy atom. The highest BCUT2D eigenvalue weighted by Gasteiger charge is 2.37. The molecule has 2 heterocycles. The van der Waals surface area contributed by atoms with E-state index in [-0.39, 0.29) is 53.9 Å². The van der Waals surface area contributed by atoms with E-state index >= 15 is 0 Å². The van der Waals surface area contributed by atoms with Crippen LogP contribution in [0.25, 0.3) is 6.08 Å². The second-order valence-electron chi connectivity index (χ2n) is 8.27. The summed E-state index contributed by atoms with van der Waals surface area (Å²) < 4.78 is 38.9. The topological polar surface area (TPSA) is 74.8 Å². The number of hydrogen-bond donors (Lipinski definition) is 0. The number of thioether (sulfide) groups is 1. The van der Waals surface area contributed by atoms with Crippen LogP contribution in [0.4, 0.5) is 4.39 Å². The van der Waals surface area contributed by atoms with Crippen molar-refractivity contribution < 1.29 is 22.4 Å². The van der Waals surface area contributed by atoms with Crippen LogP contribution in [-0.4, -0.2) is 58.4 Å². The third kappa shape index (κ3) is 6.11. The number of halogens is 2. The lowest BCUT2D eigenvalue weighted by Gasteiger charge is -2.29. The van der Waals surface area contributed by atoms with Gasteiger partial charge in [0.25, 0.3) is 5.91 Å². The van der Waals surface area contributed by atoms with Crippen LogP contribution < -0.4 is 0 Å². The van der Waals surface area contributed by atoms with Crippen molar-refractivity contribution >= 4 is 67.6 Å². The zero-order chi connectivity index (χ0) is 25.2. The van der Waals surface area contributed by atoms with Crippen molar-refractivity contribution in [3.05, 3.63) is 75.4 Å². The number of nitrogens with zero attached hydrogens (tertiary/aromatic N) is 2. The quantitative estimate of drug-likeness (QED) is 0.377. The lowest BCUT2D eigenvalue weighted by atomic mass is 10.1. The number of thiocarbonyl (C=S) groups is 1. The standard InChI is InChI=1S/C24H22ClFN2O4S3/c25-19-7-4-8-20(26)18(19)14-28(17-10-12-35(31,32)15-17)22(29)9-11-27-23(30)21(34-24(27)33)13-16-5-2-1-3-6-16/h1-8,13,17H,9-12,14-15H2/b21-13-. The zero-order valence-electron chi connectivity index (χ0n) is 18.5. The van der Waals surface area contributed by atoms with Gasteiger partial charge in [-0.25, -0.2) is 12.8 Å². The van der Waals surface area contributed by atoms with Gasteiger partial charge in [-0.3, -0.25) is 14.5 Å². The predicted molar refractivity (Wildman–Crippen MR) is 140 cm³/mol. The molecule has 0 bridgehead atoms. The highest BCUT2D eigenvalue weighted by atomic mass is 35.5. The fourth-order valence-corrected chi connectivity index (χ4v) is 7.30. The van der Waals surface area contributed by atoms with Gasteiger partial charge in [-0.05, 0) is 30.2 Å². The Morgan fingerprint density at radius 3 is 2.63 bits per heavy atom. The van der Waals surface area contributed by atoms with Crippen LogP contribution >= 0.6 is 35.6 Å². The summed E-state index contributed by atoms with van der Waals surface area (Å²) >= 11 is 12.7. The number of amides is 2. The molecular formula is C24H22ClFN2O4S3. The minimum atomic E-state index is -3.29. The summed E-state index contributed by atoms with van der Waals surface area (Å²) in [5, 5.41) is 0.159. The van der Waals surface area contributed by atoms with Gasteiger partial charge in [-0.1, -0.05) is 72.0 Å². The molecule has 2 aromatic rings. The lowest BCUT2D eigenvalue weighted by Crippen LogP contribution is -2.42. The first-order valence-electron chi connectivity index (χ1n) is 10.9. The third-order valence-corrected chi connectivity index (χ3v) is 9.36. The van der Waals surface area contributed by atoms with Gasteiger partial charge in [0.1, 0.15) is 10.1 Å². The largest absolute Gasteiger partial charge is 0.334 e. The Hall–Kier alpha value is -2.27. The number of hydrogen-bond acceptors (Lipinski definition) is 6. The van der Waals surface area contributed by atoms with E-state index in [1.165, 1.54) is 39.8 Å². The second-order valence-corrected chi connectivity index (χ2v) is 12.6. The molecule has 1 atom stereocenters. The summed E-state index contributed by atoms with van der Waals surface area (Å²) in [5.74, 6) is -1.48. The third-order valence-electron chi connectivity index (χ3n) is 5.88. The van der Waals surface area contributed by atoms with Crippen molar-refractivity contribution in [2.24, 2.45) is 0 Å². The Labute approximate surface area is 218 Å². The Kier molecular flexibility index (Phi) is 7.95. The molecule has 2 aliphatic heterocycles. The van der Waals surface area contributed by atoms with Crippen molar-refractivity contribution in [2.75, 3.05) is 18.1 Å². The van der Waals surface area contributed by atoms with Crippen LogP contribution in [0, 0.1) is 5.82 Å². The van der Waals surface area contributed by atoms with Crippen LogP contribution in [0.3, 0.4) is 0 Å². The van der Waals surface area contributed by atoms with Crippen molar-refractivity contribution in [3.63, 3.8) is 0 Å². The normalized spacial score (nSPS) is 20.6. The molecule has 1 unspecified atom stereocenters. The summed E-state index contributed by atoms with van der Waals surface area (Å²) in [7, 11) is -3.29. The van der Waals surface area contributed by atoms with Gasteiger partial charge in [0.2, 0.25) is 5.91 Å². The number of benzene rings is 2. The van der Waals surface area contributed by atoms with E-state index in [1.807, 2.05) is 30.3 Å². The second kappa shape index (κ2) is 10.8. The molecule has 2 saturated heterocycles. The van der Waals surface area contributed by atoms with E-state index in [1.54, 1.807) is 6.08 Å². The molecule has 2 aliphatic rings. The van der Waals surface area contributed by atoms with Crippen LogP contribution in [0.1, 0.15) is 24.0 Å². The summed E-state index contributed by atoms with van der Waals surface area (Å²) in [5.41, 5.74) is 0.989. The Morgan fingerprint density at radius 2 is 1.97 bits per heavy atom. The summed E-state index contributed by atoms with van der Waals surface area (Å²) in [6, 6.07) is 13.0. The molecule has 0 spiro atoms. The van der Waals surface area contributed by atoms with Crippen LogP contribution in [-0.2, 0) is 26.0 Å². The van der Waals surface area contributed by atoms with Crippen LogP contribution in [0.2, 0.25) is 5.02 Å². The van der Waals surface area contributed by atoms with Crippen LogP contribution in [0.15, 0.2) is 53.4 Å². The monoisotopic (exact) mass is 552 g/mol. The van der Waals surface area contributed by atoms with E-state index in [9.17, 15) is 22.4 Å². The smallest absolute Gasteiger partial charge is 0.266 e. The van der Waals surface area contributed by atoms with Gasteiger partial charge < -0.3 is 4.90 Å². The first kappa shape index (κ1) is 25.8. The van der Waals surface area contributed by atoms with Gasteiger partial charge in [0.05, 0.1) is 23.0 Å². The molecule has 0 radical (unpaired) electrons. The van der Waals surface area contributed by atoms with Crippen molar-refractivity contribution in [3.8, 4) is 0 Å². The summed E-state index contributed by atoms with van der Waals surface area (Å²) in [6.45, 7) is -0.118. The van der Waals surface area contributed by atoms with E-state index < -0.39 is 27.6 Å². The van der Waals surface area contributed by atoms with Crippen molar-refractivity contribution in [2.45, 2.75) is 25.4 Å². The first-order chi connectivity index (χ1) is 16.6. The van der Waals surface area contributed by atoms with E-state index in [2.05, 4.69) is 0 Å². The molecule has 6 nitrogen and oxygen atoms in total. The first-order valence-corrected chi connectivity index (χ1v) is 14.3. The lowest BCUT2D eigenvalue weighted by molar-refractivity contribution is -0.134. The van der Waals surface area contributed by atoms with Gasteiger partial charge in [-0.2, -0.15) is 0 Å². The molecule has 2 amide bonds. The van der Waals surface area contributed by atoms with E-state index in [0.29, 0.717) is 9.23 Å². The van der Waals surface area contributed by atoms with Gasteiger partial charge in [0.15, 0.2) is 9.84 Å². The molecule has 0 aromatic heterocycles. The Balaban J connectivity index is 1.49. The average molecular weight is 553 g/mol. The summed E-state index contributed by atoms with van der Waals surface area (Å²) in [6.07, 6.45) is 1.92. The molecule has 2 aromatic carbocycles. The van der Waals surface area contributed by atoms with Crippen molar-refractivity contribution in [1.29, 1.82) is 0 Å². The van der Waals surface area contributed by atoms with Gasteiger partial charge >= 0.3 is 0 Å². The maximum absolute atomic E-state index is 14.4. The highest BCUT2D eigenvalue weighted by molar-refractivity contribution is 8.26. The molecule has 35 heavy (non-hydrogen) atoms. The predicted octanol–water partition coefficient (Wildman–Crippen LogP) is 4.29. The highest BCUT2D eigenvalue weighted by Crippen LogP contribution is 2.33. The molecule has 2 fully saturated rings. The SMILES string of the molecule is O=C1/C(=C/c2ccccc2)SC(=S)N1CCC(=O)N(Cc1c(F)cccc1Cl)C1CCS(=O)(=O)C1. The number of carbonyl (C=O) groups is 2. The molecule has 0 aliphatic carbocycles. The number of carbonyl (C=O) groups excluding carboxylic acids is 2. The minimum absolute atomic E-state index is 0.0363. The molecule has 0 saturated carbocycles. The van der Waals surface area contributed by atoms with Gasteiger partial charge in [0, 0.05) is 29.6 Å².